The first-order chi connectivity index (χ1) is 13.9. The molecular weight excluding hydrogens is 379 g/mol. The Hall–Kier alpha value is -3.94. The molecule has 1 fully saturated rings. The van der Waals surface area contributed by atoms with Crippen LogP contribution in [0.25, 0.3) is 5.76 Å². The van der Waals surface area contributed by atoms with E-state index in [0.29, 0.717) is 11.3 Å². The minimum Gasteiger partial charge on any atom is -0.508 e. The Bertz CT molecular complexity index is 1130. The van der Waals surface area contributed by atoms with Crippen molar-refractivity contribution in [3.8, 4) is 5.75 Å². The summed E-state index contributed by atoms with van der Waals surface area (Å²) >= 11 is 0. The average Bonchev–Trinajstić information content (AvgIpc) is 3.24. The first-order valence-corrected chi connectivity index (χ1v) is 8.66. The molecule has 1 amide bonds. The van der Waals surface area contributed by atoms with Crippen LogP contribution in [0.15, 0.2) is 64.7 Å². The number of ketones is 1. The van der Waals surface area contributed by atoms with Crippen LogP contribution in [0.1, 0.15) is 22.9 Å². The molecule has 1 aromatic heterocycles. The molecule has 1 atom stereocenters. The summed E-state index contributed by atoms with van der Waals surface area (Å²) in [6.45, 7) is 1.64. The van der Waals surface area contributed by atoms with Gasteiger partial charge in [-0.1, -0.05) is 17.3 Å². The van der Waals surface area contributed by atoms with E-state index in [9.17, 15) is 24.2 Å². The first kappa shape index (κ1) is 18.4. The third kappa shape index (κ3) is 3.14. The molecule has 29 heavy (non-hydrogen) atoms. The van der Waals surface area contributed by atoms with Gasteiger partial charge in [-0.2, -0.15) is 0 Å². The van der Waals surface area contributed by atoms with Crippen LogP contribution in [0, 0.1) is 12.7 Å². The van der Waals surface area contributed by atoms with Crippen LogP contribution in [0.2, 0.25) is 0 Å². The lowest BCUT2D eigenvalue weighted by Gasteiger charge is -2.22. The summed E-state index contributed by atoms with van der Waals surface area (Å²) in [6.07, 6.45) is 0. The summed E-state index contributed by atoms with van der Waals surface area (Å²) in [7, 11) is 0. The van der Waals surface area contributed by atoms with Crippen molar-refractivity contribution in [1.29, 1.82) is 0 Å². The lowest BCUT2D eigenvalue weighted by atomic mass is 9.95. The number of phenolic OH excluding ortho intramolecular Hbond substituents is 1. The molecule has 1 aliphatic rings. The fraction of sp³-hybridized carbons (Fsp3) is 0.0952. The first-order valence-electron chi connectivity index (χ1n) is 8.66. The Balaban J connectivity index is 1.93. The maximum atomic E-state index is 13.3. The molecule has 0 bridgehead atoms. The van der Waals surface area contributed by atoms with Crippen LogP contribution in [-0.2, 0) is 9.59 Å². The molecule has 146 valence electrons. The molecule has 1 unspecified atom stereocenters. The minimum atomic E-state index is -1.01. The number of carbonyl (C=O) groups is 2. The van der Waals surface area contributed by atoms with Gasteiger partial charge in [0.1, 0.15) is 23.1 Å². The van der Waals surface area contributed by atoms with E-state index in [4.69, 9.17) is 4.52 Å². The van der Waals surface area contributed by atoms with Crippen LogP contribution in [0.4, 0.5) is 10.2 Å². The maximum Gasteiger partial charge on any atom is 0.301 e. The number of aromatic nitrogens is 1. The van der Waals surface area contributed by atoms with Gasteiger partial charge in [0.15, 0.2) is 5.82 Å². The largest absolute Gasteiger partial charge is 0.508 e. The number of aryl methyl sites for hydroxylation is 1. The van der Waals surface area contributed by atoms with Gasteiger partial charge in [-0.15, -0.1) is 0 Å². The van der Waals surface area contributed by atoms with E-state index in [1.165, 1.54) is 42.5 Å². The number of benzene rings is 2. The van der Waals surface area contributed by atoms with Gasteiger partial charge in [0.2, 0.25) is 0 Å². The number of nitrogens with zero attached hydrogens (tertiary/aromatic N) is 2. The minimum absolute atomic E-state index is 0.00140. The maximum absolute atomic E-state index is 13.3. The second kappa shape index (κ2) is 6.90. The molecule has 4 rings (SSSR count). The molecule has 2 heterocycles. The van der Waals surface area contributed by atoms with E-state index in [0.717, 1.165) is 17.0 Å². The molecule has 0 aliphatic carbocycles. The number of rotatable bonds is 3. The topological polar surface area (TPSA) is 104 Å². The predicted octanol–water partition coefficient (Wildman–Crippen LogP) is 3.45. The Morgan fingerprint density at radius 1 is 1.10 bits per heavy atom. The number of aliphatic hydroxyl groups excluding tert-OH is 1. The number of halogens is 1. The standard InChI is InChI=1S/C21H15FN2O5/c1-11-10-16(23-29-11)24-18(12-4-8-15(25)9-5-12)17(20(27)21(24)28)19(26)13-2-6-14(22)7-3-13/h2-10,18,25-26H,1H3. The monoisotopic (exact) mass is 394 g/mol. The SMILES string of the molecule is Cc1cc(N2C(=O)C(=O)C(=C(O)c3ccc(F)cc3)C2c2ccc(O)cc2)no1. The number of aromatic hydroxyl groups is 1. The van der Waals surface area contributed by atoms with Crippen molar-refractivity contribution in [3.05, 3.63) is 82.9 Å². The molecule has 2 aromatic carbocycles. The highest BCUT2D eigenvalue weighted by Crippen LogP contribution is 2.42. The molecular formula is C21H15FN2O5. The molecule has 8 heteroatoms. The van der Waals surface area contributed by atoms with Crippen LogP contribution in [0.5, 0.6) is 5.75 Å². The van der Waals surface area contributed by atoms with Crippen molar-refractivity contribution < 1.29 is 28.7 Å². The van der Waals surface area contributed by atoms with Crippen molar-refractivity contribution in [1.82, 2.24) is 5.16 Å². The van der Waals surface area contributed by atoms with Crippen LogP contribution in [0.3, 0.4) is 0 Å². The van der Waals surface area contributed by atoms with Crippen LogP contribution in [-0.4, -0.2) is 27.1 Å². The Labute approximate surface area is 164 Å². The van der Waals surface area contributed by atoms with E-state index in [-0.39, 0.29) is 22.7 Å². The average molecular weight is 394 g/mol. The molecule has 3 aromatic rings. The third-order valence-corrected chi connectivity index (χ3v) is 4.63. The number of hydrogen-bond acceptors (Lipinski definition) is 6. The smallest absolute Gasteiger partial charge is 0.301 e. The van der Waals surface area contributed by atoms with Gasteiger partial charge in [-0.25, -0.2) is 4.39 Å². The number of aliphatic hydroxyl groups is 1. The number of carbonyl (C=O) groups excluding carboxylic acids is 2. The van der Waals surface area contributed by atoms with Crippen molar-refractivity contribution in [2.45, 2.75) is 13.0 Å². The van der Waals surface area contributed by atoms with E-state index >= 15 is 0 Å². The lowest BCUT2D eigenvalue weighted by molar-refractivity contribution is -0.132. The molecule has 1 aliphatic heterocycles. The van der Waals surface area contributed by atoms with Crippen molar-refractivity contribution in [2.24, 2.45) is 0 Å². The highest BCUT2D eigenvalue weighted by molar-refractivity contribution is 6.51. The van der Waals surface area contributed by atoms with Crippen molar-refractivity contribution in [2.75, 3.05) is 4.90 Å². The normalized spacial score (nSPS) is 18.4. The van der Waals surface area contributed by atoms with E-state index < -0.39 is 29.3 Å². The highest BCUT2D eigenvalue weighted by atomic mass is 19.1. The molecule has 7 nitrogen and oxygen atoms in total. The molecule has 0 radical (unpaired) electrons. The van der Waals surface area contributed by atoms with Crippen molar-refractivity contribution in [3.63, 3.8) is 0 Å². The Morgan fingerprint density at radius 3 is 2.34 bits per heavy atom. The summed E-state index contributed by atoms with van der Waals surface area (Å²) in [4.78, 5) is 26.8. The van der Waals surface area contributed by atoms with Gasteiger partial charge in [0.25, 0.3) is 5.78 Å². The summed E-state index contributed by atoms with van der Waals surface area (Å²) in [5.74, 6) is -2.20. The molecule has 2 N–H and O–H groups in total. The van der Waals surface area contributed by atoms with Gasteiger partial charge < -0.3 is 14.7 Å². The van der Waals surface area contributed by atoms with Gasteiger partial charge in [-0.3, -0.25) is 14.5 Å². The Kier molecular flexibility index (Phi) is 4.38. The molecule has 0 saturated carbocycles. The second-order valence-corrected chi connectivity index (χ2v) is 6.56. The van der Waals surface area contributed by atoms with Gasteiger partial charge in [-0.05, 0) is 48.9 Å². The number of Topliss-reactive ketones (excluding diaryl/α,β-unsaturated/α-hetero) is 1. The van der Waals surface area contributed by atoms with Crippen LogP contribution < -0.4 is 4.90 Å². The number of hydrogen-bond donors (Lipinski definition) is 2. The van der Waals surface area contributed by atoms with Gasteiger partial charge in [0.05, 0.1) is 11.6 Å². The predicted molar refractivity (Wildman–Crippen MR) is 101 cm³/mol. The summed E-state index contributed by atoms with van der Waals surface area (Å²) in [5.41, 5.74) is 0.476. The van der Waals surface area contributed by atoms with Gasteiger partial charge >= 0.3 is 5.91 Å². The fourth-order valence-corrected chi connectivity index (χ4v) is 3.27. The zero-order valence-electron chi connectivity index (χ0n) is 15.2. The molecule has 0 spiro atoms. The van der Waals surface area contributed by atoms with Crippen molar-refractivity contribution >= 4 is 23.3 Å². The zero-order chi connectivity index (χ0) is 20.7. The van der Waals surface area contributed by atoms with Crippen LogP contribution >= 0.6 is 0 Å². The number of amides is 1. The van der Waals surface area contributed by atoms with E-state index in [1.54, 1.807) is 6.92 Å². The van der Waals surface area contributed by atoms with E-state index in [2.05, 4.69) is 5.16 Å². The quantitative estimate of drug-likeness (QED) is 0.401. The number of anilines is 1. The zero-order valence-corrected chi connectivity index (χ0v) is 15.2. The lowest BCUT2D eigenvalue weighted by Crippen LogP contribution is -2.29. The van der Waals surface area contributed by atoms with Gasteiger partial charge in [0, 0.05) is 11.6 Å². The third-order valence-electron chi connectivity index (χ3n) is 4.63. The highest BCUT2D eigenvalue weighted by Gasteiger charge is 2.48. The summed E-state index contributed by atoms with van der Waals surface area (Å²) in [5, 5.41) is 24.2. The van der Waals surface area contributed by atoms with E-state index in [1.807, 2.05) is 0 Å². The fourth-order valence-electron chi connectivity index (χ4n) is 3.27. The Morgan fingerprint density at radius 2 is 1.76 bits per heavy atom. The molecule has 1 saturated heterocycles. The number of phenols is 1. The summed E-state index contributed by atoms with van der Waals surface area (Å²) < 4.78 is 18.3. The summed E-state index contributed by atoms with van der Waals surface area (Å²) in [6, 6.07) is 11.3. The second-order valence-electron chi connectivity index (χ2n) is 6.56.